The SMILES string of the molecule is Cc1ccc(S(=O)(=O)NCCc2nnc(-c3cccnc3)o2)s1. The molecule has 23 heavy (non-hydrogen) atoms. The minimum absolute atomic E-state index is 0.188. The molecule has 120 valence electrons. The van der Waals surface area contributed by atoms with Gasteiger partial charge in [-0.1, -0.05) is 0 Å². The molecule has 0 bridgehead atoms. The molecule has 0 radical (unpaired) electrons. The summed E-state index contributed by atoms with van der Waals surface area (Å²) < 4.78 is 32.5. The molecule has 9 heteroatoms. The largest absolute Gasteiger partial charge is 0.421 e. The second kappa shape index (κ2) is 6.57. The van der Waals surface area contributed by atoms with E-state index in [0.717, 1.165) is 10.4 Å². The van der Waals surface area contributed by atoms with E-state index in [9.17, 15) is 8.42 Å². The number of hydrogen-bond acceptors (Lipinski definition) is 7. The Balaban J connectivity index is 1.60. The molecular formula is C14H14N4O3S2. The van der Waals surface area contributed by atoms with Crippen LogP contribution < -0.4 is 4.72 Å². The molecule has 0 saturated heterocycles. The van der Waals surface area contributed by atoms with E-state index in [1.54, 1.807) is 30.6 Å². The molecule has 3 aromatic rings. The Hall–Kier alpha value is -2.10. The Bertz CT molecular complexity index is 888. The van der Waals surface area contributed by atoms with Gasteiger partial charge in [0.15, 0.2) is 0 Å². The number of nitrogens with one attached hydrogen (secondary N) is 1. The van der Waals surface area contributed by atoms with E-state index in [0.29, 0.717) is 22.4 Å². The lowest BCUT2D eigenvalue weighted by molar-refractivity contribution is 0.502. The van der Waals surface area contributed by atoms with Crippen LogP contribution in [0, 0.1) is 6.92 Å². The van der Waals surface area contributed by atoms with Crippen LogP contribution in [0.4, 0.5) is 0 Å². The maximum Gasteiger partial charge on any atom is 0.250 e. The molecule has 1 N–H and O–H groups in total. The number of nitrogens with zero attached hydrogens (tertiary/aromatic N) is 3. The minimum atomic E-state index is -3.49. The summed E-state index contributed by atoms with van der Waals surface area (Å²) in [6.07, 6.45) is 3.60. The third-order valence-corrected chi connectivity index (χ3v) is 5.94. The molecule has 3 aromatic heterocycles. The highest BCUT2D eigenvalue weighted by atomic mass is 32.2. The fraction of sp³-hybridized carbons (Fsp3) is 0.214. The highest BCUT2D eigenvalue weighted by Crippen LogP contribution is 2.20. The molecule has 0 amide bonds. The van der Waals surface area contributed by atoms with Crippen LogP contribution in [-0.4, -0.2) is 30.1 Å². The zero-order valence-electron chi connectivity index (χ0n) is 12.3. The first-order chi connectivity index (χ1) is 11.0. The van der Waals surface area contributed by atoms with E-state index < -0.39 is 10.0 Å². The number of sulfonamides is 1. The Kier molecular flexibility index (Phi) is 4.51. The number of rotatable bonds is 6. The average Bonchev–Trinajstić information content (AvgIpc) is 3.17. The average molecular weight is 350 g/mol. The summed E-state index contributed by atoms with van der Waals surface area (Å²) in [4.78, 5) is 4.93. The molecule has 0 aliphatic heterocycles. The number of hydrogen-bond donors (Lipinski definition) is 1. The first kappa shape index (κ1) is 15.8. The topological polar surface area (TPSA) is 98.0 Å². The van der Waals surface area contributed by atoms with Crippen molar-refractivity contribution < 1.29 is 12.8 Å². The lowest BCUT2D eigenvalue weighted by atomic mass is 10.3. The van der Waals surface area contributed by atoms with Crippen LogP contribution >= 0.6 is 11.3 Å². The summed E-state index contributed by atoms with van der Waals surface area (Å²) in [5.74, 6) is 0.735. The van der Waals surface area contributed by atoms with E-state index in [2.05, 4.69) is 19.9 Å². The van der Waals surface area contributed by atoms with Crippen LogP contribution in [0.2, 0.25) is 0 Å². The van der Waals surface area contributed by atoms with E-state index in [1.165, 1.54) is 11.3 Å². The van der Waals surface area contributed by atoms with Crippen molar-refractivity contribution in [3.63, 3.8) is 0 Å². The molecule has 0 aliphatic rings. The highest BCUT2D eigenvalue weighted by molar-refractivity contribution is 7.91. The predicted octanol–water partition coefficient (Wildman–Crippen LogP) is 2.02. The van der Waals surface area contributed by atoms with Crippen molar-refractivity contribution in [1.29, 1.82) is 0 Å². The number of thiophene rings is 1. The van der Waals surface area contributed by atoms with Crippen molar-refractivity contribution in [1.82, 2.24) is 19.9 Å². The van der Waals surface area contributed by atoms with Gasteiger partial charge in [-0.15, -0.1) is 21.5 Å². The van der Waals surface area contributed by atoms with Gasteiger partial charge in [0.05, 0.1) is 5.56 Å². The fourth-order valence-corrected chi connectivity index (χ4v) is 4.24. The van der Waals surface area contributed by atoms with E-state index in [1.807, 2.05) is 13.0 Å². The summed E-state index contributed by atoms with van der Waals surface area (Å²) in [6, 6.07) is 6.95. The molecule has 0 unspecified atom stereocenters. The standard InChI is InChI=1S/C14H14N4O3S2/c1-10-4-5-13(22-10)23(19,20)16-8-6-12-17-18-14(21-12)11-3-2-7-15-9-11/h2-5,7,9,16H,6,8H2,1H3. The van der Waals surface area contributed by atoms with Crippen molar-refractivity contribution in [3.8, 4) is 11.5 Å². The van der Waals surface area contributed by atoms with Gasteiger partial charge in [-0.05, 0) is 31.2 Å². The van der Waals surface area contributed by atoms with Gasteiger partial charge in [0.25, 0.3) is 0 Å². The molecule has 7 nitrogen and oxygen atoms in total. The van der Waals surface area contributed by atoms with Gasteiger partial charge in [0, 0.05) is 30.2 Å². The minimum Gasteiger partial charge on any atom is -0.421 e. The van der Waals surface area contributed by atoms with Crippen molar-refractivity contribution in [2.45, 2.75) is 17.6 Å². The molecule has 0 fully saturated rings. The van der Waals surface area contributed by atoms with E-state index in [4.69, 9.17) is 4.42 Å². The van der Waals surface area contributed by atoms with Crippen LogP contribution in [-0.2, 0) is 16.4 Å². The van der Waals surface area contributed by atoms with Gasteiger partial charge in [0.2, 0.25) is 21.8 Å². The Morgan fingerprint density at radius 3 is 2.83 bits per heavy atom. The second-order valence-corrected chi connectivity index (χ2v) is 8.04. The molecule has 0 spiro atoms. The summed E-state index contributed by atoms with van der Waals surface area (Å²) in [7, 11) is -3.49. The molecule has 0 saturated carbocycles. The monoisotopic (exact) mass is 350 g/mol. The van der Waals surface area contributed by atoms with Gasteiger partial charge >= 0.3 is 0 Å². The molecule has 0 aliphatic carbocycles. The van der Waals surface area contributed by atoms with Crippen LogP contribution in [0.15, 0.2) is 45.3 Å². The Labute approximate surface area is 137 Å². The third kappa shape index (κ3) is 3.81. The van der Waals surface area contributed by atoms with Crippen LogP contribution in [0.25, 0.3) is 11.5 Å². The number of aromatic nitrogens is 3. The first-order valence-electron chi connectivity index (χ1n) is 6.83. The maximum absolute atomic E-state index is 12.1. The van der Waals surface area contributed by atoms with Crippen molar-refractivity contribution in [2.75, 3.05) is 6.54 Å². The molecule has 3 heterocycles. The van der Waals surface area contributed by atoms with Gasteiger partial charge in [-0.25, -0.2) is 13.1 Å². The fourth-order valence-electron chi connectivity index (χ4n) is 1.88. The Morgan fingerprint density at radius 2 is 2.13 bits per heavy atom. The van der Waals surface area contributed by atoms with Crippen LogP contribution in [0.3, 0.4) is 0 Å². The van der Waals surface area contributed by atoms with E-state index >= 15 is 0 Å². The van der Waals surface area contributed by atoms with Gasteiger partial charge in [-0.2, -0.15) is 0 Å². The van der Waals surface area contributed by atoms with Gasteiger partial charge < -0.3 is 4.42 Å². The zero-order valence-corrected chi connectivity index (χ0v) is 13.9. The number of aryl methyl sites for hydroxylation is 1. The molecule has 0 atom stereocenters. The molecule has 3 rings (SSSR count). The van der Waals surface area contributed by atoms with E-state index in [-0.39, 0.29) is 6.54 Å². The second-order valence-electron chi connectivity index (χ2n) is 4.76. The maximum atomic E-state index is 12.1. The quantitative estimate of drug-likeness (QED) is 0.730. The predicted molar refractivity (Wildman–Crippen MR) is 85.5 cm³/mol. The van der Waals surface area contributed by atoms with Gasteiger partial charge in [-0.3, -0.25) is 4.98 Å². The lowest BCUT2D eigenvalue weighted by Crippen LogP contribution is -2.25. The van der Waals surface area contributed by atoms with Gasteiger partial charge in [0.1, 0.15) is 4.21 Å². The van der Waals surface area contributed by atoms with Crippen LogP contribution in [0.1, 0.15) is 10.8 Å². The third-order valence-electron chi connectivity index (χ3n) is 2.99. The summed E-state index contributed by atoms with van der Waals surface area (Å²) >= 11 is 1.23. The summed E-state index contributed by atoms with van der Waals surface area (Å²) in [6.45, 7) is 2.05. The van der Waals surface area contributed by atoms with Crippen molar-refractivity contribution >= 4 is 21.4 Å². The zero-order chi connectivity index (χ0) is 16.3. The highest BCUT2D eigenvalue weighted by Gasteiger charge is 2.16. The summed E-state index contributed by atoms with van der Waals surface area (Å²) in [5, 5.41) is 7.84. The molecule has 0 aromatic carbocycles. The van der Waals surface area contributed by atoms with Crippen molar-refractivity contribution in [2.24, 2.45) is 0 Å². The smallest absolute Gasteiger partial charge is 0.250 e. The number of pyridine rings is 1. The first-order valence-corrected chi connectivity index (χ1v) is 9.13. The Morgan fingerprint density at radius 1 is 1.26 bits per heavy atom. The summed E-state index contributed by atoms with van der Waals surface area (Å²) in [5.41, 5.74) is 0.723. The lowest BCUT2D eigenvalue weighted by Gasteiger charge is -2.02. The van der Waals surface area contributed by atoms with Crippen molar-refractivity contribution in [3.05, 3.63) is 47.4 Å². The molecular weight excluding hydrogens is 336 g/mol. The van der Waals surface area contributed by atoms with Crippen LogP contribution in [0.5, 0.6) is 0 Å². The normalized spacial score (nSPS) is 11.7.